The molecule has 0 unspecified atom stereocenters. The van der Waals surface area contributed by atoms with Crippen LogP contribution in [0, 0.1) is 12.8 Å². The molecule has 0 radical (unpaired) electrons. The Morgan fingerprint density at radius 3 is 2.64 bits per heavy atom. The Bertz CT molecular complexity index is 781. The first-order chi connectivity index (χ1) is 11.8. The molecule has 1 aromatic heterocycles. The van der Waals surface area contributed by atoms with Gasteiger partial charge < -0.3 is 11.1 Å². The second-order valence-electron chi connectivity index (χ2n) is 5.60. The van der Waals surface area contributed by atoms with Gasteiger partial charge in [0.05, 0.1) is 5.25 Å². The second-order valence-corrected chi connectivity index (χ2v) is 8.37. The molecule has 3 amide bonds. The van der Waals surface area contributed by atoms with Crippen molar-refractivity contribution in [1.82, 2.24) is 15.5 Å². The summed E-state index contributed by atoms with van der Waals surface area (Å²) in [5.41, 5.74) is 6.80. The van der Waals surface area contributed by atoms with E-state index >= 15 is 0 Å². The number of aryl methyl sites for hydroxylation is 1. The maximum Gasteiger partial charge on any atom is 0.318 e. The van der Waals surface area contributed by atoms with Crippen LogP contribution in [-0.2, 0) is 4.79 Å². The number of carbonyl (C=O) groups is 2. The fourth-order valence-electron chi connectivity index (χ4n) is 1.90. The number of benzene rings is 1. The lowest BCUT2D eigenvalue weighted by Gasteiger charge is -2.16. The molecular weight excluding hydrogens is 382 g/mol. The topological polar surface area (TPSA) is 110 Å². The summed E-state index contributed by atoms with van der Waals surface area (Å²) in [5, 5.41) is 14.1. The zero-order valence-corrected chi connectivity index (χ0v) is 16.3. The molecule has 0 bridgehead atoms. The molecule has 1 aromatic carbocycles. The van der Waals surface area contributed by atoms with E-state index in [-0.39, 0.29) is 5.92 Å². The van der Waals surface area contributed by atoms with Gasteiger partial charge in [-0.05, 0) is 30.5 Å². The summed E-state index contributed by atoms with van der Waals surface area (Å²) in [6, 6.07) is 4.74. The van der Waals surface area contributed by atoms with Gasteiger partial charge in [0.25, 0.3) is 0 Å². The number of urea groups is 1. The normalized spacial score (nSPS) is 12.0. The number of nitrogens with zero attached hydrogens (tertiary/aromatic N) is 2. The maximum atomic E-state index is 12.1. The summed E-state index contributed by atoms with van der Waals surface area (Å²) >= 11 is 8.66. The Kier molecular flexibility index (Phi) is 6.63. The Morgan fingerprint density at radius 2 is 2.04 bits per heavy atom. The average Bonchev–Trinajstić information content (AvgIpc) is 2.94. The molecule has 0 aliphatic rings. The minimum absolute atomic E-state index is 0.0134. The fraction of sp³-hybridized carbons (Fsp3) is 0.333. The van der Waals surface area contributed by atoms with Crippen molar-refractivity contribution in [1.29, 1.82) is 0 Å². The van der Waals surface area contributed by atoms with E-state index in [1.54, 1.807) is 0 Å². The Balaban J connectivity index is 2.07. The third-order valence-electron chi connectivity index (χ3n) is 3.17. The van der Waals surface area contributed by atoms with Gasteiger partial charge in [0.15, 0.2) is 4.34 Å². The highest BCUT2D eigenvalue weighted by molar-refractivity contribution is 8.02. The van der Waals surface area contributed by atoms with Crippen LogP contribution < -0.4 is 16.4 Å². The number of imide groups is 1. The summed E-state index contributed by atoms with van der Waals surface area (Å²) in [5.74, 6) is -0.455. The lowest BCUT2D eigenvalue weighted by Crippen LogP contribution is -2.42. The lowest BCUT2D eigenvalue weighted by molar-refractivity contribution is -0.120. The van der Waals surface area contributed by atoms with Crippen LogP contribution in [0.2, 0.25) is 5.02 Å². The summed E-state index contributed by atoms with van der Waals surface area (Å²) in [6.07, 6.45) is 0. The van der Waals surface area contributed by atoms with E-state index in [9.17, 15) is 9.59 Å². The van der Waals surface area contributed by atoms with Gasteiger partial charge in [-0.2, -0.15) is 0 Å². The van der Waals surface area contributed by atoms with Gasteiger partial charge in [-0.1, -0.05) is 54.6 Å². The molecule has 134 valence electrons. The van der Waals surface area contributed by atoms with E-state index in [4.69, 9.17) is 17.3 Å². The quantitative estimate of drug-likeness (QED) is 0.640. The summed E-state index contributed by atoms with van der Waals surface area (Å²) < 4.78 is 0.610. The molecule has 0 fully saturated rings. The van der Waals surface area contributed by atoms with E-state index < -0.39 is 17.2 Å². The lowest BCUT2D eigenvalue weighted by atomic mass is 10.1. The van der Waals surface area contributed by atoms with Gasteiger partial charge in [-0.3, -0.25) is 10.1 Å². The van der Waals surface area contributed by atoms with Crippen molar-refractivity contribution in [2.24, 2.45) is 11.7 Å². The number of rotatable bonds is 6. The first-order valence-electron chi connectivity index (χ1n) is 7.40. The molecule has 1 heterocycles. The first-order valence-corrected chi connectivity index (χ1v) is 9.47. The third-order valence-corrected chi connectivity index (χ3v) is 6.04. The van der Waals surface area contributed by atoms with Crippen LogP contribution in [0.1, 0.15) is 19.4 Å². The molecule has 0 saturated carbocycles. The SMILES string of the molecule is Cc1ccc(Nc2nnc(S[C@H](C(=O)NC(N)=O)C(C)C)s2)cc1Cl. The van der Waals surface area contributed by atoms with Crippen LogP contribution in [0.5, 0.6) is 0 Å². The third kappa shape index (κ3) is 5.58. The standard InChI is InChI=1S/C15H18ClN5O2S2/c1-7(2)11(12(22)19-13(17)23)24-15-21-20-14(25-15)18-9-5-4-8(3)10(16)6-9/h4-7,11H,1-3H3,(H,18,20)(H3,17,19,22,23)/t11-/m0/s1. The molecule has 0 aliphatic heterocycles. The van der Waals surface area contributed by atoms with E-state index in [2.05, 4.69) is 20.8 Å². The summed E-state index contributed by atoms with van der Waals surface area (Å²) in [6.45, 7) is 5.69. The van der Waals surface area contributed by atoms with Crippen LogP contribution in [0.4, 0.5) is 15.6 Å². The van der Waals surface area contributed by atoms with Gasteiger partial charge in [-0.25, -0.2) is 4.79 Å². The number of hydrogen-bond acceptors (Lipinski definition) is 7. The number of thioether (sulfide) groups is 1. The Labute approximate surface area is 158 Å². The first kappa shape index (κ1) is 19.5. The largest absolute Gasteiger partial charge is 0.351 e. The zero-order valence-electron chi connectivity index (χ0n) is 13.9. The molecule has 0 spiro atoms. The highest BCUT2D eigenvalue weighted by Crippen LogP contribution is 2.33. The molecule has 0 saturated heterocycles. The van der Waals surface area contributed by atoms with Gasteiger partial charge in [0.1, 0.15) is 0 Å². The van der Waals surface area contributed by atoms with E-state index in [1.807, 2.05) is 39.0 Å². The minimum Gasteiger partial charge on any atom is -0.351 e. The molecule has 1 atom stereocenters. The predicted octanol–water partition coefficient (Wildman–Crippen LogP) is 3.56. The number of aromatic nitrogens is 2. The highest BCUT2D eigenvalue weighted by Gasteiger charge is 2.26. The number of nitrogens with one attached hydrogen (secondary N) is 2. The number of hydrogen-bond donors (Lipinski definition) is 3. The van der Waals surface area contributed by atoms with Crippen molar-refractivity contribution < 1.29 is 9.59 Å². The van der Waals surface area contributed by atoms with Crippen LogP contribution >= 0.6 is 34.7 Å². The smallest absolute Gasteiger partial charge is 0.318 e. The molecule has 10 heteroatoms. The number of primary amides is 1. The Hall–Kier alpha value is -1.84. The average molecular weight is 400 g/mol. The van der Waals surface area contributed by atoms with Crippen molar-refractivity contribution >= 4 is 57.5 Å². The maximum absolute atomic E-state index is 12.1. The van der Waals surface area contributed by atoms with Crippen LogP contribution in [0.15, 0.2) is 22.5 Å². The van der Waals surface area contributed by atoms with Gasteiger partial charge in [0.2, 0.25) is 11.0 Å². The number of amides is 3. The fourth-order valence-corrected chi connectivity index (χ4v) is 4.06. The number of carbonyl (C=O) groups excluding carboxylic acids is 2. The number of anilines is 2. The molecule has 0 aliphatic carbocycles. The summed E-state index contributed by atoms with van der Waals surface area (Å²) in [7, 11) is 0. The van der Waals surface area contributed by atoms with E-state index in [0.717, 1.165) is 11.3 Å². The zero-order chi connectivity index (χ0) is 18.6. The van der Waals surface area contributed by atoms with Gasteiger partial charge in [0, 0.05) is 10.7 Å². The van der Waals surface area contributed by atoms with Crippen LogP contribution in [0.3, 0.4) is 0 Å². The van der Waals surface area contributed by atoms with Crippen molar-refractivity contribution in [2.75, 3.05) is 5.32 Å². The minimum atomic E-state index is -0.868. The summed E-state index contributed by atoms with van der Waals surface area (Å²) in [4.78, 5) is 22.9. The Morgan fingerprint density at radius 1 is 1.32 bits per heavy atom. The van der Waals surface area contributed by atoms with Crippen molar-refractivity contribution in [3.63, 3.8) is 0 Å². The predicted molar refractivity (Wildman–Crippen MR) is 102 cm³/mol. The number of halogens is 1. The number of nitrogens with two attached hydrogens (primary N) is 1. The van der Waals surface area contributed by atoms with Crippen LogP contribution in [0.25, 0.3) is 0 Å². The molecule has 2 rings (SSSR count). The molecule has 25 heavy (non-hydrogen) atoms. The van der Waals surface area contributed by atoms with Crippen molar-refractivity contribution in [2.45, 2.75) is 30.4 Å². The molecular formula is C15H18ClN5O2S2. The molecule has 7 nitrogen and oxygen atoms in total. The second kappa shape index (κ2) is 8.50. The van der Waals surface area contributed by atoms with E-state index in [0.29, 0.717) is 14.5 Å². The van der Waals surface area contributed by atoms with Crippen molar-refractivity contribution in [3.8, 4) is 0 Å². The van der Waals surface area contributed by atoms with Crippen molar-refractivity contribution in [3.05, 3.63) is 28.8 Å². The monoisotopic (exact) mass is 399 g/mol. The molecule has 2 aromatic rings. The van der Waals surface area contributed by atoms with Gasteiger partial charge >= 0.3 is 6.03 Å². The van der Waals surface area contributed by atoms with E-state index in [1.165, 1.54) is 23.1 Å². The highest BCUT2D eigenvalue weighted by atomic mass is 35.5. The molecule has 4 N–H and O–H groups in total. The van der Waals surface area contributed by atoms with Crippen LogP contribution in [-0.4, -0.2) is 27.4 Å². The van der Waals surface area contributed by atoms with Gasteiger partial charge in [-0.15, -0.1) is 10.2 Å².